The molecule has 0 aliphatic rings. The van der Waals surface area contributed by atoms with E-state index in [0.717, 1.165) is 18.7 Å². The Balaban J connectivity index is 3.01. The van der Waals surface area contributed by atoms with E-state index in [9.17, 15) is 0 Å². The number of anilines is 2. The Bertz CT molecular complexity index is 375. The number of nitrogens with two attached hydrogens (primary N) is 1. The molecule has 0 unspecified atom stereocenters. The number of benzene rings is 1. The molecular formula is C15H26N2O. The van der Waals surface area contributed by atoms with Crippen LogP contribution in [-0.4, -0.2) is 18.7 Å². The molecule has 1 aromatic rings. The summed E-state index contributed by atoms with van der Waals surface area (Å²) in [5.41, 5.74) is 7.82. The Hall–Kier alpha value is -1.38. The van der Waals surface area contributed by atoms with Crippen molar-refractivity contribution in [2.75, 3.05) is 17.2 Å². The van der Waals surface area contributed by atoms with Crippen molar-refractivity contribution in [1.82, 2.24) is 0 Å². The fourth-order valence-corrected chi connectivity index (χ4v) is 1.98. The highest BCUT2D eigenvalue weighted by Gasteiger charge is 2.12. The average Bonchev–Trinajstić information content (AvgIpc) is 2.28. The van der Waals surface area contributed by atoms with Gasteiger partial charge in [-0.15, -0.1) is 0 Å². The minimum Gasteiger partial charge on any atom is -0.489 e. The monoisotopic (exact) mass is 250 g/mol. The van der Waals surface area contributed by atoms with E-state index in [1.54, 1.807) is 0 Å². The summed E-state index contributed by atoms with van der Waals surface area (Å²) in [6.45, 7) is 11.7. The molecule has 0 aliphatic carbocycles. The van der Waals surface area contributed by atoms with Crippen molar-refractivity contribution in [1.29, 1.82) is 0 Å². The molecule has 0 heterocycles. The van der Waals surface area contributed by atoms with Crippen LogP contribution in [0.3, 0.4) is 0 Å². The van der Waals surface area contributed by atoms with Gasteiger partial charge in [-0.05, 0) is 46.2 Å². The molecule has 2 N–H and O–H groups in total. The van der Waals surface area contributed by atoms with Crippen LogP contribution in [0.4, 0.5) is 11.4 Å². The van der Waals surface area contributed by atoms with Crippen molar-refractivity contribution in [2.24, 2.45) is 0 Å². The summed E-state index contributed by atoms with van der Waals surface area (Å²) in [7, 11) is 0. The van der Waals surface area contributed by atoms with Gasteiger partial charge in [0, 0.05) is 24.3 Å². The third kappa shape index (κ3) is 3.83. The van der Waals surface area contributed by atoms with Gasteiger partial charge in [-0.2, -0.15) is 0 Å². The second-order valence-corrected chi connectivity index (χ2v) is 5.18. The van der Waals surface area contributed by atoms with E-state index in [1.807, 2.05) is 26.0 Å². The summed E-state index contributed by atoms with van der Waals surface area (Å²) in [6, 6.07) is 6.52. The van der Waals surface area contributed by atoms with Crippen LogP contribution in [0, 0.1) is 0 Å². The summed E-state index contributed by atoms with van der Waals surface area (Å²) in [5, 5.41) is 0. The van der Waals surface area contributed by atoms with Crippen molar-refractivity contribution in [2.45, 2.75) is 53.2 Å². The molecule has 1 rings (SSSR count). The standard InChI is InChI=1S/C15H26N2O/c1-6-9-17(11(2)3)13-7-8-14(16)15(10-13)18-12(4)5/h7-8,10-12H,6,9,16H2,1-5H3. The molecule has 3 heteroatoms. The van der Waals surface area contributed by atoms with Gasteiger partial charge in [0.2, 0.25) is 0 Å². The van der Waals surface area contributed by atoms with Gasteiger partial charge in [0.15, 0.2) is 0 Å². The molecule has 102 valence electrons. The van der Waals surface area contributed by atoms with Gasteiger partial charge in [-0.3, -0.25) is 0 Å². The SMILES string of the molecule is CCCN(c1ccc(N)c(OC(C)C)c1)C(C)C. The molecule has 1 aromatic carbocycles. The number of nitrogen functional groups attached to an aromatic ring is 1. The van der Waals surface area contributed by atoms with Crippen molar-refractivity contribution >= 4 is 11.4 Å². The Morgan fingerprint density at radius 2 is 1.89 bits per heavy atom. The lowest BCUT2D eigenvalue weighted by molar-refractivity contribution is 0.244. The first-order chi connectivity index (χ1) is 8.45. The maximum Gasteiger partial charge on any atom is 0.144 e. The van der Waals surface area contributed by atoms with Crippen LogP contribution in [0.1, 0.15) is 41.0 Å². The minimum absolute atomic E-state index is 0.140. The van der Waals surface area contributed by atoms with Gasteiger partial charge in [0.25, 0.3) is 0 Å². The highest BCUT2D eigenvalue weighted by molar-refractivity contribution is 5.62. The van der Waals surface area contributed by atoms with E-state index in [4.69, 9.17) is 10.5 Å². The Labute approximate surface area is 111 Å². The fraction of sp³-hybridized carbons (Fsp3) is 0.600. The molecule has 0 aromatic heterocycles. The summed E-state index contributed by atoms with van der Waals surface area (Å²) in [6.07, 6.45) is 1.27. The van der Waals surface area contributed by atoms with Crippen LogP contribution < -0.4 is 15.4 Å². The maximum atomic E-state index is 5.94. The molecule has 0 fully saturated rings. The average molecular weight is 250 g/mol. The molecule has 3 nitrogen and oxygen atoms in total. The van der Waals surface area contributed by atoms with Crippen LogP contribution >= 0.6 is 0 Å². The molecule has 0 saturated carbocycles. The molecular weight excluding hydrogens is 224 g/mol. The molecule has 0 radical (unpaired) electrons. The second-order valence-electron chi connectivity index (χ2n) is 5.18. The molecule has 0 spiro atoms. The predicted molar refractivity (Wildman–Crippen MR) is 79.4 cm³/mol. The van der Waals surface area contributed by atoms with E-state index in [1.165, 1.54) is 5.69 Å². The lowest BCUT2D eigenvalue weighted by Gasteiger charge is -2.29. The van der Waals surface area contributed by atoms with Crippen molar-refractivity contribution in [3.63, 3.8) is 0 Å². The maximum absolute atomic E-state index is 5.94. The predicted octanol–water partition coefficient (Wildman–Crippen LogP) is 3.68. The summed E-state index contributed by atoms with van der Waals surface area (Å²) >= 11 is 0. The van der Waals surface area contributed by atoms with Gasteiger partial charge in [0.05, 0.1) is 11.8 Å². The van der Waals surface area contributed by atoms with E-state index in [0.29, 0.717) is 11.7 Å². The Morgan fingerprint density at radius 3 is 2.39 bits per heavy atom. The zero-order valence-corrected chi connectivity index (χ0v) is 12.2. The van der Waals surface area contributed by atoms with E-state index in [-0.39, 0.29) is 6.10 Å². The Morgan fingerprint density at radius 1 is 1.22 bits per heavy atom. The van der Waals surface area contributed by atoms with E-state index < -0.39 is 0 Å². The van der Waals surface area contributed by atoms with Crippen molar-refractivity contribution in [3.8, 4) is 5.75 Å². The Kier molecular flexibility index (Phi) is 5.32. The first-order valence-corrected chi connectivity index (χ1v) is 6.78. The zero-order valence-electron chi connectivity index (χ0n) is 12.2. The van der Waals surface area contributed by atoms with Gasteiger partial charge >= 0.3 is 0 Å². The lowest BCUT2D eigenvalue weighted by Crippen LogP contribution is -2.31. The third-order valence-corrected chi connectivity index (χ3v) is 2.78. The van der Waals surface area contributed by atoms with E-state index in [2.05, 4.69) is 31.7 Å². The topological polar surface area (TPSA) is 38.5 Å². The van der Waals surface area contributed by atoms with Gasteiger partial charge in [-0.1, -0.05) is 6.92 Å². The van der Waals surface area contributed by atoms with Crippen molar-refractivity contribution in [3.05, 3.63) is 18.2 Å². The fourth-order valence-electron chi connectivity index (χ4n) is 1.98. The van der Waals surface area contributed by atoms with Gasteiger partial charge in [0.1, 0.15) is 5.75 Å². The number of ether oxygens (including phenoxy) is 1. The lowest BCUT2D eigenvalue weighted by atomic mass is 10.2. The number of hydrogen-bond acceptors (Lipinski definition) is 3. The molecule has 0 amide bonds. The van der Waals surface area contributed by atoms with E-state index >= 15 is 0 Å². The first-order valence-electron chi connectivity index (χ1n) is 6.78. The first kappa shape index (κ1) is 14.7. The number of hydrogen-bond donors (Lipinski definition) is 1. The molecule has 0 aliphatic heterocycles. The quantitative estimate of drug-likeness (QED) is 0.783. The zero-order chi connectivity index (χ0) is 13.7. The number of rotatable bonds is 6. The normalized spacial score (nSPS) is 11.1. The van der Waals surface area contributed by atoms with Gasteiger partial charge < -0.3 is 15.4 Å². The molecule has 0 saturated heterocycles. The molecule has 18 heavy (non-hydrogen) atoms. The summed E-state index contributed by atoms with van der Waals surface area (Å²) < 4.78 is 5.74. The smallest absolute Gasteiger partial charge is 0.144 e. The van der Waals surface area contributed by atoms with Gasteiger partial charge in [-0.25, -0.2) is 0 Å². The molecule has 0 bridgehead atoms. The number of nitrogens with zero attached hydrogens (tertiary/aromatic N) is 1. The highest BCUT2D eigenvalue weighted by Crippen LogP contribution is 2.29. The summed E-state index contributed by atoms with van der Waals surface area (Å²) in [5.74, 6) is 0.782. The second kappa shape index (κ2) is 6.53. The van der Waals surface area contributed by atoms with Crippen LogP contribution in [0.25, 0.3) is 0 Å². The molecule has 0 atom stereocenters. The largest absolute Gasteiger partial charge is 0.489 e. The minimum atomic E-state index is 0.140. The van der Waals surface area contributed by atoms with Crippen LogP contribution in [-0.2, 0) is 0 Å². The van der Waals surface area contributed by atoms with Crippen LogP contribution in [0.15, 0.2) is 18.2 Å². The van der Waals surface area contributed by atoms with Crippen LogP contribution in [0.5, 0.6) is 5.75 Å². The highest BCUT2D eigenvalue weighted by atomic mass is 16.5. The third-order valence-electron chi connectivity index (χ3n) is 2.78. The summed E-state index contributed by atoms with van der Waals surface area (Å²) in [4.78, 5) is 2.37. The van der Waals surface area contributed by atoms with Crippen molar-refractivity contribution < 1.29 is 4.74 Å². The van der Waals surface area contributed by atoms with Crippen LogP contribution in [0.2, 0.25) is 0 Å².